The highest BCUT2D eigenvalue weighted by atomic mass is 19.4. The number of rotatable bonds is 3. The molecule has 0 radical (unpaired) electrons. The lowest BCUT2D eigenvalue weighted by Crippen LogP contribution is -2.14. The zero-order chi connectivity index (χ0) is 22.1. The third-order valence-corrected chi connectivity index (χ3v) is 6.69. The van der Waals surface area contributed by atoms with Crippen molar-refractivity contribution < 1.29 is 13.2 Å². The molecule has 0 nitrogen and oxygen atoms in total. The van der Waals surface area contributed by atoms with Crippen LogP contribution in [-0.4, -0.2) is 0 Å². The van der Waals surface area contributed by atoms with Gasteiger partial charge in [-0.25, -0.2) is 0 Å². The maximum absolute atomic E-state index is 12.6. The Morgan fingerprint density at radius 1 is 0.871 bits per heavy atom. The lowest BCUT2D eigenvalue weighted by molar-refractivity contribution is -0.137. The van der Waals surface area contributed by atoms with Gasteiger partial charge >= 0.3 is 6.18 Å². The highest BCUT2D eigenvalue weighted by Crippen LogP contribution is 2.33. The molecule has 0 N–H and O–H groups in total. The Kier molecular flexibility index (Phi) is 8.71. The fourth-order valence-corrected chi connectivity index (χ4v) is 4.75. The van der Waals surface area contributed by atoms with Gasteiger partial charge in [-0.1, -0.05) is 49.5 Å². The van der Waals surface area contributed by atoms with Crippen LogP contribution >= 0.6 is 0 Å². The van der Waals surface area contributed by atoms with Crippen molar-refractivity contribution in [2.24, 2.45) is 23.7 Å². The molecule has 0 saturated heterocycles. The molecule has 0 atom stereocenters. The molecule has 3 heteroatoms. The van der Waals surface area contributed by atoms with Crippen LogP contribution in [0.2, 0.25) is 0 Å². The molecule has 0 heterocycles. The second kappa shape index (κ2) is 11.5. The molecule has 2 aliphatic rings. The zero-order valence-electron chi connectivity index (χ0n) is 18.5. The average Bonchev–Trinajstić information content (AvgIpc) is 2.77. The van der Waals surface area contributed by atoms with Crippen LogP contribution in [0, 0.1) is 47.4 Å². The fourth-order valence-electron chi connectivity index (χ4n) is 4.75. The molecule has 0 amide bonds. The Bertz CT molecular complexity index is 823. The molecule has 0 bridgehead atoms. The highest BCUT2D eigenvalue weighted by Gasteiger charge is 2.29. The minimum Gasteiger partial charge on any atom is -0.166 e. The summed E-state index contributed by atoms with van der Waals surface area (Å²) < 4.78 is 37.8. The van der Waals surface area contributed by atoms with Crippen molar-refractivity contribution in [3.05, 3.63) is 47.5 Å². The monoisotopic (exact) mass is 426 g/mol. The molecule has 2 aliphatic carbocycles. The van der Waals surface area contributed by atoms with E-state index in [0.717, 1.165) is 43.7 Å². The Morgan fingerprint density at radius 3 is 2.00 bits per heavy atom. The summed E-state index contributed by atoms with van der Waals surface area (Å²) in [5.41, 5.74) is -0.0435. The third kappa shape index (κ3) is 7.81. The number of hydrogen-bond acceptors (Lipinski definition) is 0. The van der Waals surface area contributed by atoms with Gasteiger partial charge in [0.1, 0.15) is 0 Å². The Morgan fingerprint density at radius 2 is 1.45 bits per heavy atom. The van der Waals surface area contributed by atoms with Crippen LogP contribution in [0.4, 0.5) is 13.2 Å². The van der Waals surface area contributed by atoms with E-state index in [1.165, 1.54) is 50.7 Å². The second-order valence-corrected chi connectivity index (χ2v) is 9.11. The van der Waals surface area contributed by atoms with Crippen molar-refractivity contribution in [2.45, 2.75) is 77.3 Å². The predicted octanol–water partition coefficient (Wildman–Crippen LogP) is 8.03. The summed E-state index contributed by atoms with van der Waals surface area (Å²) >= 11 is 0. The summed E-state index contributed by atoms with van der Waals surface area (Å²) in [7, 11) is 0. The summed E-state index contributed by atoms with van der Waals surface area (Å²) in [6.45, 7) is 2.28. The van der Waals surface area contributed by atoms with E-state index in [1.807, 2.05) is 6.08 Å². The number of halogens is 3. The maximum atomic E-state index is 12.6. The highest BCUT2D eigenvalue weighted by molar-refractivity contribution is 5.39. The molecule has 0 aliphatic heterocycles. The van der Waals surface area contributed by atoms with E-state index >= 15 is 0 Å². The summed E-state index contributed by atoms with van der Waals surface area (Å²) in [6, 6.07) is 4.99. The van der Waals surface area contributed by atoms with Gasteiger partial charge in [-0.05, 0) is 93.5 Å². The maximum Gasteiger partial charge on any atom is 0.416 e. The first kappa shape index (κ1) is 23.5. The van der Waals surface area contributed by atoms with Crippen molar-refractivity contribution in [3.8, 4) is 23.7 Å². The lowest BCUT2D eigenvalue weighted by atomic mass is 9.79. The topological polar surface area (TPSA) is 0 Å². The quantitative estimate of drug-likeness (QED) is 0.429. The van der Waals surface area contributed by atoms with Gasteiger partial charge in [0.05, 0.1) is 5.56 Å². The van der Waals surface area contributed by atoms with Crippen molar-refractivity contribution in [2.75, 3.05) is 0 Å². The predicted molar refractivity (Wildman–Crippen MR) is 121 cm³/mol. The first-order chi connectivity index (χ1) is 14.9. The minimum absolute atomic E-state index is 0.532. The van der Waals surface area contributed by atoms with Crippen molar-refractivity contribution in [1.82, 2.24) is 0 Å². The van der Waals surface area contributed by atoms with E-state index in [2.05, 4.69) is 36.7 Å². The number of allylic oxidation sites excluding steroid dienone is 2. The normalized spacial score (nSPS) is 26.6. The Labute approximate surface area is 185 Å². The van der Waals surface area contributed by atoms with E-state index in [4.69, 9.17) is 0 Å². The summed E-state index contributed by atoms with van der Waals surface area (Å²) in [6.07, 6.45) is 12.3. The van der Waals surface area contributed by atoms with Gasteiger partial charge in [-0.2, -0.15) is 13.2 Å². The van der Waals surface area contributed by atoms with E-state index < -0.39 is 11.7 Å². The number of alkyl halides is 3. The molecule has 0 spiro atoms. The van der Waals surface area contributed by atoms with E-state index in [-0.39, 0.29) is 0 Å². The molecule has 2 fully saturated rings. The first-order valence-corrected chi connectivity index (χ1v) is 11.8. The molecule has 2 saturated carbocycles. The molecule has 166 valence electrons. The van der Waals surface area contributed by atoms with Gasteiger partial charge in [-0.15, -0.1) is 0 Å². The molecule has 1 aromatic rings. The number of hydrogen-bond donors (Lipinski definition) is 0. The zero-order valence-corrected chi connectivity index (χ0v) is 18.5. The average molecular weight is 427 g/mol. The van der Waals surface area contributed by atoms with Crippen LogP contribution in [-0.2, 0) is 6.18 Å². The minimum atomic E-state index is -4.30. The van der Waals surface area contributed by atoms with Crippen LogP contribution < -0.4 is 0 Å². The van der Waals surface area contributed by atoms with Crippen molar-refractivity contribution in [3.63, 3.8) is 0 Å². The van der Waals surface area contributed by atoms with Crippen LogP contribution in [0.25, 0.3) is 0 Å². The van der Waals surface area contributed by atoms with Gasteiger partial charge in [0.25, 0.3) is 0 Å². The van der Waals surface area contributed by atoms with Crippen LogP contribution in [0.1, 0.15) is 82.3 Å². The van der Waals surface area contributed by atoms with Gasteiger partial charge < -0.3 is 0 Å². The molecule has 31 heavy (non-hydrogen) atoms. The third-order valence-electron chi connectivity index (χ3n) is 6.69. The summed E-state index contributed by atoms with van der Waals surface area (Å²) in [5.74, 6) is 15.7. The fraction of sp³-hybridized carbons (Fsp3) is 0.571. The molecule has 3 rings (SSSR count). The second-order valence-electron chi connectivity index (χ2n) is 9.11. The van der Waals surface area contributed by atoms with Gasteiger partial charge in [-0.3, -0.25) is 0 Å². The van der Waals surface area contributed by atoms with Crippen LogP contribution in [0.3, 0.4) is 0 Å². The smallest absolute Gasteiger partial charge is 0.166 e. The Hall–Kier alpha value is -2.13. The Balaban J connectivity index is 1.39. The molecule has 0 aromatic heterocycles. The van der Waals surface area contributed by atoms with Crippen LogP contribution in [0.15, 0.2) is 36.4 Å². The standard InChI is InChI=1S/C28H33F3/c1-2-5-22-8-12-25(13-9-22)16-17-26-14-10-23(11-15-26)6-3-4-7-24-18-20-27(21-19-24)28(29,30)31/h3,6,18-23,25-26H,2,5,8-15H2,1H3/b6-3+. The first-order valence-electron chi connectivity index (χ1n) is 11.8. The van der Waals surface area contributed by atoms with Gasteiger partial charge in [0.2, 0.25) is 0 Å². The van der Waals surface area contributed by atoms with Gasteiger partial charge in [0.15, 0.2) is 0 Å². The van der Waals surface area contributed by atoms with Crippen LogP contribution in [0.5, 0.6) is 0 Å². The van der Waals surface area contributed by atoms with E-state index in [1.54, 1.807) is 0 Å². The van der Waals surface area contributed by atoms with Gasteiger partial charge in [0, 0.05) is 17.4 Å². The lowest BCUT2D eigenvalue weighted by Gasteiger charge is -2.26. The largest absolute Gasteiger partial charge is 0.416 e. The number of benzene rings is 1. The van der Waals surface area contributed by atoms with E-state index in [0.29, 0.717) is 23.3 Å². The molecule has 0 unspecified atom stereocenters. The summed E-state index contributed by atoms with van der Waals surface area (Å²) in [5, 5.41) is 0. The van der Waals surface area contributed by atoms with Crippen molar-refractivity contribution in [1.29, 1.82) is 0 Å². The summed E-state index contributed by atoms with van der Waals surface area (Å²) in [4.78, 5) is 0. The molecular weight excluding hydrogens is 393 g/mol. The SMILES string of the molecule is CCCC1CCC(C#CC2CCC(/C=C/C#Cc3ccc(C(F)(F)F)cc3)CC2)CC1. The van der Waals surface area contributed by atoms with E-state index in [9.17, 15) is 13.2 Å². The van der Waals surface area contributed by atoms with Crippen molar-refractivity contribution >= 4 is 0 Å². The molecule has 1 aromatic carbocycles. The molecular formula is C28H33F3.